The zero-order valence-corrected chi connectivity index (χ0v) is 11.6. The van der Waals surface area contributed by atoms with Crippen LogP contribution in [0.1, 0.15) is 37.0 Å². The molecular formula is C14H18N4O2. The molecule has 1 heterocycles. The summed E-state index contributed by atoms with van der Waals surface area (Å²) in [7, 11) is 0. The fraction of sp³-hybridized carbons (Fsp3) is 0.357. The highest BCUT2D eigenvalue weighted by Crippen LogP contribution is 2.44. The van der Waals surface area contributed by atoms with Gasteiger partial charge in [0.2, 0.25) is 5.95 Å². The molecule has 0 bridgehead atoms. The van der Waals surface area contributed by atoms with Crippen molar-refractivity contribution in [1.82, 2.24) is 15.4 Å². The van der Waals surface area contributed by atoms with E-state index in [0.29, 0.717) is 5.95 Å². The van der Waals surface area contributed by atoms with E-state index in [9.17, 15) is 4.79 Å². The average molecular weight is 274 g/mol. The van der Waals surface area contributed by atoms with Crippen LogP contribution in [0.25, 0.3) is 0 Å². The van der Waals surface area contributed by atoms with Crippen molar-refractivity contribution in [1.29, 1.82) is 0 Å². The predicted octanol–water partition coefficient (Wildman–Crippen LogP) is 2.06. The van der Waals surface area contributed by atoms with Crippen LogP contribution < -0.4 is 10.8 Å². The van der Waals surface area contributed by atoms with E-state index in [4.69, 9.17) is 5.21 Å². The average Bonchev–Trinajstić information content (AvgIpc) is 3.25. The number of nitrogens with one attached hydrogen (secondary N) is 2. The van der Waals surface area contributed by atoms with Crippen LogP contribution in [-0.4, -0.2) is 26.6 Å². The molecule has 20 heavy (non-hydrogen) atoms. The summed E-state index contributed by atoms with van der Waals surface area (Å²) in [5.74, 6) is -0.146. The number of nitrogens with zero attached hydrogens (tertiary/aromatic N) is 2. The number of anilines is 1. The number of carbonyl (C=O) groups is 1. The number of rotatable bonds is 5. The molecule has 0 saturated heterocycles. The molecule has 2 rings (SSSR count). The Balaban J connectivity index is 2.09. The Kier molecular flexibility index (Phi) is 4.14. The van der Waals surface area contributed by atoms with E-state index in [0.717, 1.165) is 12.8 Å². The van der Waals surface area contributed by atoms with Gasteiger partial charge in [-0.25, -0.2) is 15.4 Å². The number of amides is 1. The van der Waals surface area contributed by atoms with Gasteiger partial charge in [0.05, 0.1) is 11.1 Å². The van der Waals surface area contributed by atoms with Gasteiger partial charge in [-0.2, -0.15) is 0 Å². The Bertz CT molecular complexity index is 545. The molecule has 1 aliphatic rings. The minimum Gasteiger partial charge on any atom is -0.345 e. The van der Waals surface area contributed by atoms with Gasteiger partial charge < -0.3 is 5.32 Å². The highest BCUT2D eigenvalue weighted by atomic mass is 16.5. The lowest BCUT2D eigenvalue weighted by Gasteiger charge is -2.18. The third kappa shape index (κ3) is 3.03. The molecule has 0 aliphatic heterocycles. The summed E-state index contributed by atoms with van der Waals surface area (Å²) in [5.41, 5.74) is 2.92. The fourth-order valence-electron chi connectivity index (χ4n) is 1.93. The lowest BCUT2D eigenvalue weighted by Crippen LogP contribution is -2.24. The van der Waals surface area contributed by atoms with Crippen molar-refractivity contribution in [2.75, 3.05) is 5.32 Å². The second-order valence-electron chi connectivity index (χ2n) is 4.82. The van der Waals surface area contributed by atoms with E-state index in [1.807, 2.05) is 19.1 Å². The van der Waals surface area contributed by atoms with Crippen molar-refractivity contribution in [3.05, 3.63) is 41.8 Å². The number of carbonyl (C=O) groups excluding carboxylic acids is 1. The maximum atomic E-state index is 11.2. The van der Waals surface area contributed by atoms with Crippen LogP contribution in [0.2, 0.25) is 0 Å². The van der Waals surface area contributed by atoms with E-state index in [-0.39, 0.29) is 11.1 Å². The maximum absolute atomic E-state index is 11.2. The molecule has 1 saturated carbocycles. The van der Waals surface area contributed by atoms with E-state index < -0.39 is 5.91 Å². The molecule has 106 valence electrons. The van der Waals surface area contributed by atoms with Gasteiger partial charge in [-0.3, -0.25) is 10.0 Å². The summed E-state index contributed by atoms with van der Waals surface area (Å²) in [6.07, 6.45) is 10.9. The molecule has 1 amide bonds. The van der Waals surface area contributed by atoms with Crippen LogP contribution in [-0.2, 0) is 0 Å². The monoisotopic (exact) mass is 274 g/mol. The highest BCUT2D eigenvalue weighted by molar-refractivity contribution is 5.92. The van der Waals surface area contributed by atoms with Crippen molar-refractivity contribution in [3.63, 3.8) is 0 Å². The van der Waals surface area contributed by atoms with Gasteiger partial charge in [0.25, 0.3) is 5.91 Å². The lowest BCUT2D eigenvalue weighted by atomic mass is 10.1. The van der Waals surface area contributed by atoms with Crippen molar-refractivity contribution >= 4 is 11.9 Å². The maximum Gasteiger partial charge on any atom is 0.277 e. The predicted molar refractivity (Wildman–Crippen MR) is 75.4 cm³/mol. The third-order valence-electron chi connectivity index (χ3n) is 3.41. The van der Waals surface area contributed by atoms with Crippen LogP contribution >= 0.6 is 0 Å². The largest absolute Gasteiger partial charge is 0.345 e. The van der Waals surface area contributed by atoms with Crippen molar-refractivity contribution in [3.8, 4) is 0 Å². The molecule has 0 atom stereocenters. The van der Waals surface area contributed by atoms with Crippen molar-refractivity contribution < 1.29 is 10.0 Å². The quantitative estimate of drug-likeness (QED) is 0.434. The summed E-state index contributed by atoms with van der Waals surface area (Å²) in [4.78, 5) is 19.4. The number of allylic oxidation sites excluding steroid dienone is 3. The Labute approximate surface area is 117 Å². The van der Waals surface area contributed by atoms with Gasteiger partial charge in [0.1, 0.15) is 0 Å². The number of hydrogen-bond acceptors (Lipinski definition) is 5. The van der Waals surface area contributed by atoms with Gasteiger partial charge >= 0.3 is 0 Å². The van der Waals surface area contributed by atoms with Gasteiger partial charge in [0, 0.05) is 12.4 Å². The van der Waals surface area contributed by atoms with Gasteiger partial charge in [0.15, 0.2) is 0 Å². The number of hydroxylamine groups is 1. The Hall–Kier alpha value is -2.21. The number of hydrogen-bond donors (Lipinski definition) is 3. The van der Waals surface area contributed by atoms with Crippen LogP contribution in [0.15, 0.2) is 36.2 Å². The molecule has 6 nitrogen and oxygen atoms in total. The Morgan fingerprint density at radius 3 is 2.55 bits per heavy atom. The summed E-state index contributed by atoms with van der Waals surface area (Å²) >= 11 is 0. The van der Waals surface area contributed by atoms with Crippen LogP contribution in [0, 0.1) is 0 Å². The minimum absolute atomic E-state index is 0.0692. The van der Waals surface area contributed by atoms with E-state index in [1.54, 1.807) is 5.48 Å². The summed E-state index contributed by atoms with van der Waals surface area (Å²) in [6.45, 7) is 4.05. The fourth-order valence-corrected chi connectivity index (χ4v) is 1.93. The second kappa shape index (κ2) is 5.83. The van der Waals surface area contributed by atoms with Crippen molar-refractivity contribution in [2.24, 2.45) is 0 Å². The molecule has 0 unspecified atom stereocenters. The molecule has 1 fully saturated rings. The molecule has 0 spiro atoms. The van der Waals surface area contributed by atoms with Gasteiger partial charge in [-0.15, -0.1) is 0 Å². The topological polar surface area (TPSA) is 87.1 Å². The van der Waals surface area contributed by atoms with E-state index >= 15 is 0 Å². The summed E-state index contributed by atoms with van der Waals surface area (Å²) in [6, 6.07) is 0. The second-order valence-corrected chi connectivity index (χ2v) is 4.82. The first-order valence-electron chi connectivity index (χ1n) is 6.46. The Morgan fingerprint density at radius 1 is 1.40 bits per heavy atom. The standard InChI is InChI=1S/C14H18N4O2/c1-3-4-5-10(2)14(6-7-14)17-13-15-8-11(9-16-13)12(19)18-20/h3-5,8-9,20H,6-7H2,1-2H3,(H,18,19)(H,15,16,17)/b4-3-,10-5+. The third-order valence-corrected chi connectivity index (χ3v) is 3.41. The molecule has 1 aliphatic carbocycles. The smallest absolute Gasteiger partial charge is 0.277 e. The minimum atomic E-state index is -0.623. The van der Waals surface area contributed by atoms with E-state index in [2.05, 4.69) is 28.3 Å². The van der Waals surface area contributed by atoms with Crippen LogP contribution in [0.4, 0.5) is 5.95 Å². The molecular weight excluding hydrogens is 256 g/mol. The zero-order chi connectivity index (χ0) is 14.6. The molecule has 3 N–H and O–H groups in total. The molecule has 1 aromatic rings. The zero-order valence-electron chi connectivity index (χ0n) is 11.6. The molecule has 0 aromatic carbocycles. The lowest BCUT2D eigenvalue weighted by molar-refractivity contribution is 0.0705. The first-order valence-corrected chi connectivity index (χ1v) is 6.46. The Morgan fingerprint density at radius 2 is 2.05 bits per heavy atom. The SMILES string of the molecule is C/C=C\C=C(/C)C1(Nc2ncc(C(=O)NO)cn2)CC1. The van der Waals surface area contributed by atoms with Gasteiger partial charge in [-0.05, 0) is 32.3 Å². The first kappa shape index (κ1) is 14.2. The highest BCUT2D eigenvalue weighted by Gasteiger charge is 2.44. The van der Waals surface area contributed by atoms with Crippen LogP contribution in [0.5, 0.6) is 0 Å². The van der Waals surface area contributed by atoms with Crippen molar-refractivity contribution in [2.45, 2.75) is 32.2 Å². The molecule has 1 aromatic heterocycles. The normalized spacial score (nSPS) is 17.1. The summed E-state index contributed by atoms with van der Waals surface area (Å²) < 4.78 is 0. The molecule has 0 radical (unpaired) electrons. The van der Waals surface area contributed by atoms with Crippen LogP contribution in [0.3, 0.4) is 0 Å². The van der Waals surface area contributed by atoms with Gasteiger partial charge in [-0.1, -0.05) is 18.2 Å². The summed E-state index contributed by atoms with van der Waals surface area (Å²) in [5, 5.41) is 11.8. The van der Waals surface area contributed by atoms with E-state index in [1.165, 1.54) is 18.0 Å². The molecule has 6 heteroatoms. The number of aromatic nitrogens is 2. The first-order chi connectivity index (χ1) is 9.61.